The molecule has 0 aromatic carbocycles. The van der Waals surface area contributed by atoms with Crippen molar-refractivity contribution in [3.05, 3.63) is 17.7 Å². The number of nitrogens with one attached hydrogen (secondary N) is 1. The highest BCUT2D eigenvalue weighted by atomic mass is 32.2. The number of alkyl halides is 3. The minimum atomic E-state index is -4.92. The second kappa shape index (κ2) is 5.98. The predicted octanol–water partition coefficient (Wildman–Crippen LogP) is 1.19. The molecule has 0 saturated carbocycles. The van der Waals surface area contributed by atoms with Gasteiger partial charge in [-0.3, -0.25) is 0 Å². The Bertz CT molecular complexity index is 730. The highest BCUT2D eigenvalue weighted by Gasteiger charge is 2.40. The van der Waals surface area contributed by atoms with Crippen LogP contribution in [0.5, 0.6) is 0 Å². The first kappa shape index (κ1) is 18.0. The van der Waals surface area contributed by atoms with Gasteiger partial charge in [-0.05, 0) is 6.92 Å². The average molecular weight is 342 g/mol. The molecule has 0 unspecified atom stereocenters. The first-order valence-electron chi connectivity index (χ1n) is 5.56. The van der Waals surface area contributed by atoms with E-state index in [1.807, 2.05) is 5.92 Å². The summed E-state index contributed by atoms with van der Waals surface area (Å²) >= 11 is 0. The molecule has 1 aromatic heterocycles. The number of halogens is 4. The van der Waals surface area contributed by atoms with Gasteiger partial charge >= 0.3 is 12.1 Å². The van der Waals surface area contributed by atoms with E-state index in [4.69, 9.17) is 11.5 Å². The van der Waals surface area contributed by atoms with Gasteiger partial charge in [0.15, 0.2) is 11.5 Å². The SMILES string of the molecule is C#CCn1cc(S(=O)(=O)N[C@H](C)C(F)(F)F)c(F)c1C(=O)O. The maximum Gasteiger partial charge on any atom is 0.404 e. The van der Waals surface area contributed by atoms with Crippen LogP contribution in [0.3, 0.4) is 0 Å². The van der Waals surface area contributed by atoms with Crippen molar-refractivity contribution in [1.29, 1.82) is 0 Å². The zero-order valence-corrected chi connectivity index (χ0v) is 11.8. The first-order chi connectivity index (χ1) is 9.91. The molecular weight excluding hydrogens is 332 g/mol. The number of aromatic nitrogens is 1. The van der Waals surface area contributed by atoms with Crippen LogP contribution in [0.1, 0.15) is 17.4 Å². The molecule has 2 N–H and O–H groups in total. The minimum Gasteiger partial charge on any atom is -0.476 e. The molecule has 0 amide bonds. The molecule has 1 heterocycles. The van der Waals surface area contributed by atoms with Crippen LogP contribution in [0, 0.1) is 18.2 Å². The van der Waals surface area contributed by atoms with Gasteiger partial charge < -0.3 is 9.67 Å². The van der Waals surface area contributed by atoms with E-state index in [0.29, 0.717) is 17.7 Å². The van der Waals surface area contributed by atoms with Crippen LogP contribution in [0.15, 0.2) is 11.1 Å². The van der Waals surface area contributed by atoms with Gasteiger partial charge in [-0.2, -0.15) is 17.9 Å². The van der Waals surface area contributed by atoms with Gasteiger partial charge in [0, 0.05) is 6.20 Å². The Morgan fingerprint density at radius 1 is 1.55 bits per heavy atom. The van der Waals surface area contributed by atoms with E-state index in [1.165, 1.54) is 4.72 Å². The molecule has 0 spiro atoms. The molecule has 0 radical (unpaired) electrons. The standard InChI is InChI=1S/C11H10F4N2O4S/c1-3-4-17-5-7(8(12)9(17)10(18)19)22(20,21)16-6(2)11(13,14)15/h1,5-6,16H,4H2,2H3,(H,18,19)/t6-/m1/s1. The van der Waals surface area contributed by atoms with Gasteiger partial charge in [-0.25, -0.2) is 17.6 Å². The topological polar surface area (TPSA) is 88.4 Å². The van der Waals surface area contributed by atoms with Crippen molar-refractivity contribution in [1.82, 2.24) is 9.29 Å². The molecule has 0 fully saturated rings. The summed E-state index contributed by atoms with van der Waals surface area (Å²) in [5, 5.41) is 8.84. The Morgan fingerprint density at radius 2 is 2.09 bits per heavy atom. The lowest BCUT2D eigenvalue weighted by atomic mass is 10.4. The van der Waals surface area contributed by atoms with Gasteiger partial charge in [-0.1, -0.05) is 5.92 Å². The normalized spacial score (nSPS) is 13.6. The summed E-state index contributed by atoms with van der Waals surface area (Å²) in [5.41, 5.74) is -1.06. The molecule has 0 aliphatic heterocycles. The minimum absolute atomic E-state index is 0.469. The fraction of sp³-hybridized carbons (Fsp3) is 0.364. The van der Waals surface area contributed by atoms with Gasteiger partial charge in [0.2, 0.25) is 10.0 Å². The number of carboxylic acids is 1. The van der Waals surface area contributed by atoms with Gasteiger partial charge in [0.25, 0.3) is 0 Å². The summed E-state index contributed by atoms with van der Waals surface area (Å²) in [6, 6.07) is -2.49. The Kier molecular flexibility index (Phi) is 4.89. The lowest BCUT2D eigenvalue weighted by molar-refractivity contribution is -0.147. The number of rotatable bonds is 5. The Hall–Kier alpha value is -2.06. The van der Waals surface area contributed by atoms with Crippen molar-refractivity contribution in [3.63, 3.8) is 0 Å². The number of carboxylic acid groups (broad SMARTS) is 1. The number of terminal acetylenes is 1. The summed E-state index contributed by atoms with van der Waals surface area (Å²) < 4.78 is 76.5. The summed E-state index contributed by atoms with van der Waals surface area (Å²) in [6.45, 7) is 0.0505. The molecule has 1 rings (SSSR count). The fourth-order valence-electron chi connectivity index (χ4n) is 1.50. The average Bonchev–Trinajstić information content (AvgIpc) is 2.65. The number of sulfonamides is 1. The summed E-state index contributed by atoms with van der Waals surface area (Å²) in [7, 11) is -4.92. The quantitative estimate of drug-likeness (QED) is 0.621. The third kappa shape index (κ3) is 3.58. The van der Waals surface area contributed by atoms with E-state index in [2.05, 4.69) is 0 Å². The van der Waals surface area contributed by atoms with Gasteiger partial charge in [-0.15, -0.1) is 6.42 Å². The third-order valence-corrected chi connectivity index (χ3v) is 4.09. The smallest absolute Gasteiger partial charge is 0.404 e. The van der Waals surface area contributed by atoms with Gasteiger partial charge in [0.05, 0.1) is 6.54 Å². The highest BCUT2D eigenvalue weighted by Crippen LogP contribution is 2.24. The maximum atomic E-state index is 13.9. The summed E-state index contributed by atoms with van der Waals surface area (Å²) in [6.07, 6.45) is 0.579. The number of aromatic carboxylic acids is 1. The fourth-order valence-corrected chi connectivity index (χ4v) is 2.82. The lowest BCUT2D eigenvalue weighted by Crippen LogP contribution is -2.43. The molecular formula is C11H10F4N2O4S. The van der Waals surface area contributed by atoms with Gasteiger partial charge in [0.1, 0.15) is 10.9 Å². The monoisotopic (exact) mass is 342 g/mol. The van der Waals surface area contributed by atoms with E-state index >= 15 is 0 Å². The number of hydrogen-bond acceptors (Lipinski definition) is 3. The molecule has 0 aliphatic carbocycles. The number of hydrogen-bond donors (Lipinski definition) is 2. The molecule has 11 heteroatoms. The molecule has 122 valence electrons. The zero-order chi connectivity index (χ0) is 17.3. The van der Waals surface area contributed by atoms with Crippen molar-refractivity contribution >= 4 is 16.0 Å². The summed E-state index contributed by atoms with van der Waals surface area (Å²) in [4.78, 5) is 9.69. The van der Waals surface area contributed by atoms with Crippen LogP contribution in [-0.2, 0) is 16.6 Å². The van der Waals surface area contributed by atoms with E-state index in [-0.39, 0.29) is 0 Å². The predicted molar refractivity (Wildman–Crippen MR) is 66.0 cm³/mol. The molecule has 0 aliphatic rings. The van der Waals surface area contributed by atoms with E-state index in [9.17, 15) is 30.8 Å². The van der Waals surface area contributed by atoms with Crippen LogP contribution < -0.4 is 4.72 Å². The molecule has 22 heavy (non-hydrogen) atoms. The second-order valence-corrected chi connectivity index (χ2v) is 5.86. The van der Waals surface area contributed by atoms with E-state index in [1.54, 1.807) is 0 Å². The van der Waals surface area contributed by atoms with Crippen LogP contribution in [0.4, 0.5) is 17.6 Å². The highest BCUT2D eigenvalue weighted by molar-refractivity contribution is 7.89. The Labute approximate surface area is 122 Å². The Morgan fingerprint density at radius 3 is 2.50 bits per heavy atom. The molecule has 0 saturated heterocycles. The number of carbonyl (C=O) groups is 1. The zero-order valence-electron chi connectivity index (χ0n) is 11.0. The molecule has 1 atom stereocenters. The van der Waals surface area contributed by atoms with Crippen LogP contribution in [0.2, 0.25) is 0 Å². The van der Waals surface area contributed by atoms with Crippen LogP contribution in [-0.4, -0.2) is 36.3 Å². The maximum absolute atomic E-state index is 13.9. The second-order valence-electron chi connectivity index (χ2n) is 4.18. The van der Waals surface area contributed by atoms with Crippen molar-refractivity contribution < 1.29 is 35.9 Å². The van der Waals surface area contributed by atoms with Crippen molar-refractivity contribution in [2.75, 3.05) is 0 Å². The van der Waals surface area contributed by atoms with E-state index in [0.717, 1.165) is 0 Å². The van der Waals surface area contributed by atoms with Crippen LogP contribution in [0.25, 0.3) is 0 Å². The lowest BCUT2D eigenvalue weighted by Gasteiger charge is -2.16. The Balaban J connectivity index is 3.35. The molecule has 1 aromatic rings. The summed E-state index contributed by atoms with van der Waals surface area (Å²) in [5.74, 6) is -1.52. The van der Waals surface area contributed by atoms with Crippen molar-refractivity contribution in [2.45, 2.75) is 30.6 Å². The van der Waals surface area contributed by atoms with Crippen molar-refractivity contribution in [2.24, 2.45) is 0 Å². The molecule has 0 bridgehead atoms. The van der Waals surface area contributed by atoms with Crippen LogP contribution >= 0.6 is 0 Å². The number of nitrogens with zero attached hydrogens (tertiary/aromatic N) is 1. The largest absolute Gasteiger partial charge is 0.476 e. The van der Waals surface area contributed by atoms with Crippen molar-refractivity contribution in [3.8, 4) is 12.3 Å². The third-order valence-electron chi connectivity index (χ3n) is 2.56. The van der Waals surface area contributed by atoms with E-state index < -0.39 is 51.2 Å². The first-order valence-corrected chi connectivity index (χ1v) is 7.04. The molecule has 6 nitrogen and oxygen atoms in total.